The van der Waals surface area contributed by atoms with Crippen LogP contribution in [0, 0.1) is 11.3 Å². The first-order valence-corrected chi connectivity index (χ1v) is 6.89. The van der Waals surface area contributed by atoms with Crippen LogP contribution in [0.4, 0.5) is 0 Å². The molecule has 1 N–H and O–H groups in total. The predicted molar refractivity (Wildman–Crippen MR) is 71.6 cm³/mol. The van der Waals surface area contributed by atoms with Crippen molar-refractivity contribution in [3.8, 4) is 0 Å². The Morgan fingerprint density at radius 1 is 1.35 bits per heavy atom. The number of hydrogen-bond acceptors (Lipinski definition) is 2. The van der Waals surface area contributed by atoms with Gasteiger partial charge in [0.2, 0.25) is 5.91 Å². The van der Waals surface area contributed by atoms with Crippen LogP contribution in [-0.2, 0) is 4.79 Å². The van der Waals surface area contributed by atoms with Crippen molar-refractivity contribution in [3.05, 3.63) is 0 Å². The maximum absolute atomic E-state index is 12.3. The Kier molecular flexibility index (Phi) is 4.59. The van der Waals surface area contributed by atoms with Crippen LogP contribution in [0.15, 0.2) is 0 Å². The van der Waals surface area contributed by atoms with Crippen LogP contribution >= 0.6 is 0 Å². The first-order valence-electron chi connectivity index (χ1n) is 6.89. The molecule has 1 rings (SSSR count). The van der Waals surface area contributed by atoms with E-state index in [0.717, 1.165) is 19.4 Å². The van der Waals surface area contributed by atoms with Gasteiger partial charge < -0.3 is 4.90 Å². The average molecular weight is 240 g/mol. The van der Waals surface area contributed by atoms with Gasteiger partial charge in [0.25, 0.3) is 0 Å². The Labute approximate surface area is 106 Å². The summed E-state index contributed by atoms with van der Waals surface area (Å²) in [7, 11) is 0. The Bertz CT molecular complexity index is 273. The third-order valence-corrected chi connectivity index (χ3v) is 3.88. The number of hydrogen-bond donors (Lipinski definition) is 1. The summed E-state index contributed by atoms with van der Waals surface area (Å²) in [5.41, 5.74) is 0.201. The fourth-order valence-electron chi connectivity index (χ4n) is 2.30. The van der Waals surface area contributed by atoms with Gasteiger partial charge in [0, 0.05) is 6.54 Å². The van der Waals surface area contributed by atoms with Gasteiger partial charge in [-0.3, -0.25) is 10.1 Å². The molecular weight excluding hydrogens is 212 g/mol. The van der Waals surface area contributed by atoms with Crippen LogP contribution in [0.25, 0.3) is 0 Å². The molecule has 0 spiro atoms. The van der Waals surface area contributed by atoms with Crippen LogP contribution < -0.4 is 5.32 Å². The van der Waals surface area contributed by atoms with Gasteiger partial charge in [-0.2, -0.15) is 0 Å². The molecule has 1 aliphatic rings. The Balaban J connectivity index is 2.82. The zero-order valence-electron chi connectivity index (χ0n) is 12.2. The molecule has 2 atom stereocenters. The molecule has 17 heavy (non-hydrogen) atoms. The number of carbonyl (C=O) groups excluding carboxylic acids is 1. The maximum Gasteiger partial charge on any atom is 0.241 e. The molecule has 0 saturated carbocycles. The van der Waals surface area contributed by atoms with Crippen molar-refractivity contribution in [2.45, 2.75) is 66.6 Å². The molecule has 1 fully saturated rings. The summed E-state index contributed by atoms with van der Waals surface area (Å²) in [6.45, 7) is 13.9. The highest BCUT2D eigenvalue weighted by Gasteiger charge is 2.40. The lowest BCUT2D eigenvalue weighted by Gasteiger charge is -2.34. The average Bonchev–Trinajstić information content (AvgIpc) is 2.56. The normalized spacial score (nSPS) is 26.1. The fourth-order valence-corrected chi connectivity index (χ4v) is 2.30. The zero-order chi connectivity index (χ0) is 13.2. The summed E-state index contributed by atoms with van der Waals surface area (Å²) in [4.78, 5) is 14.4. The highest BCUT2D eigenvalue weighted by atomic mass is 16.2. The van der Waals surface area contributed by atoms with Gasteiger partial charge in [-0.05, 0) is 24.2 Å². The van der Waals surface area contributed by atoms with Crippen molar-refractivity contribution >= 4 is 5.91 Å². The SMILES string of the molecule is CCC1NC(C(C)C)N(CC(C)(C)CC)C1=O. The van der Waals surface area contributed by atoms with E-state index in [9.17, 15) is 4.79 Å². The molecular formula is C14H28N2O. The van der Waals surface area contributed by atoms with Crippen molar-refractivity contribution in [1.82, 2.24) is 10.2 Å². The second-order valence-corrected chi connectivity index (χ2v) is 6.30. The van der Waals surface area contributed by atoms with Crippen molar-refractivity contribution in [3.63, 3.8) is 0 Å². The molecule has 0 aromatic carbocycles. The Morgan fingerprint density at radius 3 is 2.35 bits per heavy atom. The summed E-state index contributed by atoms with van der Waals surface area (Å²) in [6, 6.07) is 0.0232. The Morgan fingerprint density at radius 2 is 1.94 bits per heavy atom. The van der Waals surface area contributed by atoms with Gasteiger partial charge in [0.05, 0.1) is 12.2 Å². The molecule has 0 bridgehead atoms. The second-order valence-electron chi connectivity index (χ2n) is 6.30. The highest BCUT2D eigenvalue weighted by Crippen LogP contribution is 2.27. The van der Waals surface area contributed by atoms with Crippen LogP contribution in [-0.4, -0.2) is 29.6 Å². The molecule has 0 aromatic rings. The number of amides is 1. The lowest BCUT2D eigenvalue weighted by atomic mass is 9.89. The minimum absolute atomic E-state index is 0.0232. The monoisotopic (exact) mass is 240 g/mol. The standard InChI is InChI=1S/C14H28N2O/c1-7-11-13(17)16(9-14(5,6)8-2)12(15-11)10(3)4/h10-12,15H,7-9H2,1-6H3. The lowest BCUT2D eigenvalue weighted by molar-refractivity contribution is -0.132. The van der Waals surface area contributed by atoms with E-state index in [1.54, 1.807) is 0 Å². The minimum Gasteiger partial charge on any atom is -0.325 e. The first-order chi connectivity index (χ1) is 7.82. The number of carbonyl (C=O) groups is 1. The molecule has 3 heteroatoms. The van der Waals surface area contributed by atoms with E-state index in [0.29, 0.717) is 5.92 Å². The summed E-state index contributed by atoms with van der Waals surface area (Å²) >= 11 is 0. The fraction of sp³-hybridized carbons (Fsp3) is 0.929. The van der Waals surface area contributed by atoms with Crippen LogP contribution in [0.1, 0.15) is 54.4 Å². The lowest BCUT2D eigenvalue weighted by Crippen LogP contribution is -2.45. The number of nitrogens with one attached hydrogen (secondary N) is 1. The van der Waals surface area contributed by atoms with Gasteiger partial charge in [-0.15, -0.1) is 0 Å². The van der Waals surface area contributed by atoms with Gasteiger partial charge in [-0.25, -0.2) is 0 Å². The van der Waals surface area contributed by atoms with Gasteiger partial charge in [0.15, 0.2) is 0 Å². The first kappa shape index (κ1) is 14.5. The molecule has 3 nitrogen and oxygen atoms in total. The van der Waals surface area contributed by atoms with E-state index >= 15 is 0 Å². The van der Waals surface area contributed by atoms with Crippen LogP contribution in [0.2, 0.25) is 0 Å². The second kappa shape index (κ2) is 5.38. The number of rotatable bonds is 5. The van der Waals surface area contributed by atoms with Crippen LogP contribution in [0.3, 0.4) is 0 Å². The minimum atomic E-state index is 0.0232. The maximum atomic E-state index is 12.3. The van der Waals surface area contributed by atoms with E-state index in [4.69, 9.17) is 0 Å². The van der Waals surface area contributed by atoms with E-state index in [-0.39, 0.29) is 23.5 Å². The van der Waals surface area contributed by atoms with E-state index < -0.39 is 0 Å². The smallest absolute Gasteiger partial charge is 0.241 e. The molecule has 0 aromatic heterocycles. The molecule has 1 saturated heterocycles. The van der Waals surface area contributed by atoms with E-state index in [1.807, 2.05) is 0 Å². The molecule has 0 radical (unpaired) electrons. The quantitative estimate of drug-likeness (QED) is 0.801. The molecule has 1 amide bonds. The highest BCUT2D eigenvalue weighted by molar-refractivity contribution is 5.84. The largest absolute Gasteiger partial charge is 0.325 e. The third-order valence-electron chi connectivity index (χ3n) is 3.88. The van der Waals surface area contributed by atoms with E-state index in [1.165, 1.54) is 0 Å². The van der Waals surface area contributed by atoms with Gasteiger partial charge in [-0.1, -0.05) is 41.5 Å². The van der Waals surface area contributed by atoms with E-state index in [2.05, 4.69) is 51.8 Å². The predicted octanol–water partition coefficient (Wildman–Crippen LogP) is 2.62. The van der Waals surface area contributed by atoms with Crippen molar-refractivity contribution in [1.29, 1.82) is 0 Å². The summed E-state index contributed by atoms with van der Waals surface area (Å²) < 4.78 is 0. The van der Waals surface area contributed by atoms with Crippen molar-refractivity contribution < 1.29 is 4.79 Å². The zero-order valence-corrected chi connectivity index (χ0v) is 12.2. The Hall–Kier alpha value is -0.570. The van der Waals surface area contributed by atoms with Gasteiger partial charge >= 0.3 is 0 Å². The number of nitrogens with zero attached hydrogens (tertiary/aromatic N) is 1. The molecule has 0 aliphatic carbocycles. The summed E-state index contributed by atoms with van der Waals surface area (Å²) in [5, 5.41) is 3.46. The molecule has 100 valence electrons. The van der Waals surface area contributed by atoms with Crippen molar-refractivity contribution in [2.75, 3.05) is 6.54 Å². The van der Waals surface area contributed by atoms with Crippen molar-refractivity contribution in [2.24, 2.45) is 11.3 Å². The third kappa shape index (κ3) is 3.21. The summed E-state index contributed by atoms with van der Waals surface area (Å²) in [5.74, 6) is 0.746. The topological polar surface area (TPSA) is 32.3 Å². The summed E-state index contributed by atoms with van der Waals surface area (Å²) in [6.07, 6.45) is 2.18. The van der Waals surface area contributed by atoms with Gasteiger partial charge in [0.1, 0.15) is 0 Å². The molecule has 2 unspecified atom stereocenters. The van der Waals surface area contributed by atoms with Crippen LogP contribution in [0.5, 0.6) is 0 Å². The molecule has 1 aliphatic heterocycles. The molecule has 1 heterocycles.